The van der Waals surface area contributed by atoms with Gasteiger partial charge in [0.2, 0.25) is 0 Å². The average molecular weight is 292 g/mol. The third kappa shape index (κ3) is 2.46. The second kappa shape index (κ2) is 4.72. The first-order valence-corrected chi connectivity index (χ1v) is 6.84. The maximum Gasteiger partial charge on any atom is 0.342 e. The number of hydrogen-bond donors (Lipinski definition) is 2. The highest BCUT2D eigenvalue weighted by Gasteiger charge is 2.64. The number of rotatable bonds is 5. The van der Waals surface area contributed by atoms with Crippen molar-refractivity contribution in [2.75, 3.05) is 11.9 Å². The molecule has 2 N–H and O–H groups in total. The fourth-order valence-electron chi connectivity index (χ4n) is 3.04. The second-order valence-electron chi connectivity index (χ2n) is 6.67. The molecule has 1 fully saturated rings. The monoisotopic (exact) mass is 292 g/mol. The van der Waals surface area contributed by atoms with E-state index in [2.05, 4.69) is 33.0 Å². The van der Waals surface area contributed by atoms with E-state index in [1.54, 1.807) is 6.07 Å². The number of nitrogens with one attached hydrogen (secondary N) is 1. The van der Waals surface area contributed by atoms with E-state index in [-0.39, 0.29) is 22.1 Å². The fourth-order valence-corrected chi connectivity index (χ4v) is 3.04. The zero-order valence-electron chi connectivity index (χ0n) is 12.6. The first-order chi connectivity index (χ1) is 9.59. The van der Waals surface area contributed by atoms with Crippen molar-refractivity contribution in [3.05, 3.63) is 33.9 Å². The summed E-state index contributed by atoms with van der Waals surface area (Å²) in [4.78, 5) is 21.2. The van der Waals surface area contributed by atoms with Crippen LogP contribution in [-0.4, -0.2) is 22.5 Å². The molecule has 21 heavy (non-hydrogen) atoms. The van der Waals surface area contributed by atoms with Gasteiger partial charge in [-0.15, -0.1) is 0 Å². The van der Waals surface area contributed by atoms with Gasteiger partial charge in [-0.2, -0.15) is 0 Å². The summed E-state index contributed by atoms with van der Waals surface area (Å²) < 4.78 is 0. The maximum atomic E-state index is 11.0. The molecule has 0 heterocycles. The van der Waals surface area contributed by atoms with E-state index in [1.807, 2.05) is 0 Å². The molecule has 0 aliphatic heterocycles. The van der Waals surface area contributed by atoms with E-state index < -0.39 is 10.9 Å². The predicted molar refractivity (Wildman–Crippen MR) is 79.6 cm³/mol. The van der Waals surface area contributed by atoms with E-state index in [1.165, 1.54) is 12.1 Å². The summed E-state index contributed by atoms with van der Waals surface area (Å²) in [6.45, 7) is 9.53. The van der Waals surface area contributed by atoms with E-state index in [0.29, 0.717) is 18.2 Å². The molecular formula is C15H20N2O4. The first kappa shape index (κ1) is 15.3. The molecule has 0 atom stereocenters. The minimum Gasteiger partial charge on any atom is -0.477 e. The zero-order valence-corrected chi connectivity index (χ0v) is 12.6. The van der Waals surface area contributed by atoms with Gasteiger partial charge in [0, 0.05) is 18.3 Å². The molecule has 1 aromatic carbocycles. The Morgan fingerprint density at radius 2 is 1.90 bits per heavy atom. The van der Waals surface area contributed by atoms with Gasteiger partial charge in [0.15, 0.2) is 0 Å². The van der Waals surface area contributed by atoms with Crippen LogP contribution in [0.25, 0.3) is 0 Å². The number of carbonyl (C=O) groups is 1. The maximum absolute atomic E-state index is 11.0. The number of carboxylic acids is 1. The van der Waals surface area contributed by atoms with Gasteiger partial charge in [-0.3, -0.25) is 10.1 Å². The number of nitro groups is 1. The summed E-state index contributed by atoms with van der Waals surface area (Å²) in [5.74, 6) is -0.819. The van der Waals surface area contributed by atoms with E-state index in [4.69, 9.17) is 5.11 Å². The highest BCUT2D eigenvalue weighted by atomic mass is 16.6. The Bertz CT molecular complexity index is 594. The molecule has 6 heteroatoms. The molecule has 0 amide bonds. The molecule has 0 saturated heterocycles. The van der Waals surface area contributed by atoms with Gasteiger partial charge in [-0.05, 0) is 28.9 Å². The lowest BCUT2D eigenvalue weighted by Crippen LogP contribution is -2.09. The fraction of sp³-hybridized carbons (Fsp3) is 0.533. The molecule has 1 saturated carbocycles. The lowest BCUT2D eigenvalue weighted by Gasteiger charge is -2.08. The van der Waals surface area contributed by atoms with Crippen molar-refractivity contribution >= 4 is 17.3 Å². The van der Waals surface area contributed by atoms with Crippen molar-refractivity contribution in [2.45, 2.75) is 27.7 Å². The van der Waals surface area contributed by atoms with Crippen molar-refractivity contribution in [3.8, 4) is 0 Å². The number of nitro benzene ring substituents is 1. The Kier molecular flexibility index (Phi) is 3.43. The largest absolute Gasteiger partial charge is 0.477 e. The van der Waals surface area contributed by atoms with Gasteiger partial charge in [0.1, 0.15) is 5.56 Å². The van der Waals surface area contributed by atoms with Crippen molar-refractivity contribution in [3.63, 3.8) is 0 Å². The zero-order chi connectivity index (χ0) is 16.0. The molecular weight excluding hydrogens is 272 g/mol. The molecule has 0 spiro atoms. The predicted octanol–water partition coefficient (Wildman–Crippen LogP) is 3.39. The van der Waals surface area contributed by atoms with Gasteiger partial charge < -0.3 is 10.4 Å². The van der Waals surface area contributed by atoms with Crippen LogP contribution in [0.1, 0.15) is 38.1 Å². The summed E-state index contributed by atoms with van der Waals surface area (Å²) in [6, 6.07) is 4.12. The Balaban J connectivity index is 2.14. The number of nitrogens with zero attached hydrogens (tertiary/aromatic N) is 1. The highest BCUT2D eigenvalue weighted by Crippen LogP contribution is 2.68. The van der Waals surface area contributed by atoms with Crippen LogP contribution >= 0.6 is 0 Å². The Morgan fingerprint density at radius 3 is 2.33 bits per heavy atom. The van der Waals surface area contributed by atoms with Crippen LogP contribution in [0.3, 0.4) is 0 Å². The van der Waals surface area contributed by atoms with Crippen LogP contribution in [0.5, 0.6) is 0 Å². The van der Waals surface area contributed by atoms with Crippen molar-refractivity contribution in [2.24, 2.45) is 16.7 Å². The normalized spacial score (nSPS) is 19.0. The van der Waals surface area contributed by atoms with E-state index >= 15 is 0 Å². The Labute approximate surface area is 123 Å². The number of carboxylic acid groups (broad SMARTS) is 1. The van der Waals surface area contributed by atoms with Gasteiger partial charge in [0.05, 0.1) is 4.92 Å². The molecule has 1 aliphatic carbocycles. The summed E-state index contributed by atoms with van der Waals surface area (Å²) >= 11 is 0. The van der Waals surface area contributed by atoms with E-state index in [9.17, 15) is 14.9 Å². The van der Waals surface area contributed by atoms with Gasteiger partial charge in [0.25, 0.3) is 5.69 Å². The minimum absolute atomic E-state index is 0.229. The topological polar surface area (TPSA) is 92.5 Å². The summed E-state index contributed by atoms with van der Waals surface area (Å²) in [7, 11) is 0. The molecule has 0 bridgehead atoms. The summed E-state index contributed by atoms with van der Waals surface area (Å²) in [6.07, 6.45) is 0. The van der Waals surface area contributed by atoms with Crippen LogP contribution < -0.4 is 5.32 Å². The molecule has 2 rings (SSSR count). The highest BCUT2D eigenvalue weighted by molar-refractivity contribution is 5.93. The van der Waals surface area contributed by atoms with Crippen LogP contribution in [0.4, 0.5) is 11.4 Å². The third-order valence-electron chi connectivity index (χ3n) is 5.25. The smallest absolute Gasteiger partial charge is 0.342 e. The molecule has 0 unspecified atom stereocenters. The van der Waals surface area contributed by atoms with Crippen LogP contribution in [0.15, 0.2) is 18.2 Å². The standard InChI is InChI=1S/C15H20N2O4/c1-14(2)12(15(14,3)4)8-16-9-5-6-10(13(18)19)11(7-9)17(20)21/h5-7,12,16H,8H2,1-4H3,(H,18,19). The number of benzene rings is 1. The lowest BCUT2D eigenvalue weighted by atomic mass is 10.0. The number of anilines is 1. The van der Waals surface area contributed by atoms with Crippen molar-refractivity contribution in [1.82, 2.24) is 0 Å². The Hall–Kier alpha value is -2.11. The number of aromatic carboxylic acids is 1. The van der Waals surface area contributed by atoms with Crippen LogP contribution in [0, 0.1) is 26.9 Å². The first-order valence-electron chi connectivity index (χ1n) is 6.84. The van der Waals surface area contributed by atoms with Crippen LogP contribution in [0.2, 0.25) is 0 Å². The number of hydrogen-bond acceptors (Lipinski definition) is 4. The van der Waals surface area contributed by atoms with Gasteiger partial charge >= 0.3 is 5.97 Å². The minimum atomic E-state index is -1.29. The summed E-state index contributed by atoms with van der Waals surface area (Å²) in [5, 5.41) is 23.1. The molecule has 0 radical (unpaired) electrons. The van der Waals surface area contributed by atoms with Crippen molar-refractivity contribution in [1.29, 1.82) is 0 Å². The van der Waals surface area contributed by atoms with Gasteiger partial charge in [-0.25, -0.2) is 4.79 Å². The average Bonchev–Trinajstić information content (AvgIpc) is 2.76. The Morgan fingerprint density at radius 1 is 1.33 bits per heavy atom. The summed E-state index contributed by atoms with van der Waals surface area (Å²) in [5.41, 5.74) is 0.351. The molecule has 1 aliphatic rings. The molecule has 114 valence electrons. The quantitative estimate of drug-likeness (QED) is 0.641. The third-order valence-corrected chi connectivity index (χ3v) is 5.25. The van der Waals surface area contributed by atoms with Crippen LogP contribution in [-0.2, 0) is 0 Å². The van der Waals surface area contributed by atoms with Gasteiger partial charge in [-0.1, -0.05) is 27.7 Å². The SMILES string of the molecule is CC1(C)C(CNc2ccc(C(=O)O)c([N+](=O)[O-])c2)C1(C)C. The molecule has 6 nitrogen and oxygen atoms in total. The van der Waals surface area contributed by atoms with E-state index in [0.717, 1.165) is 0 Å². The molecule has 0 aromatic heterocycles. The second-order valence-corrected chi connectivity index (χ2v) is 6.67. The van der Waals surface area contributed by atoms with Crippen molar-refractivity contribution < 1.29 is 14.8 Å². The molecule has 1 aromatic rings. The lowest BCUT2D eigenvalue weighted by molar-refractivity contribution is -0.385.